The van der Waals surface area contributed by atoms with E-state index >= 15 is 0 Å². The van der Waals surface area contributed by atoms with Crippen molar-refractivity contribution < 1.29 is 19.0 Å². The molecule has 3 heterocycles. The number of para-hydroxylation sites is 1. The number of amides is 1. The molecule has 0 saturated carbocycles. The highest BCUT2D eigenvalue weighted by Gasteiger charge is 2.27. The van der Waals surface area contributed by atoms with E-state index < -0.39 is 13.7 Å². The van der Waals surface area contributed by atoms with Gasteiger partial charge in [-0.05, 0) is 75.4 Å². The summed E-state index contributed by atoms with van der Waals surface area (Å²) in [5.74, 6) is 9.04. The van der Waals surface area contributed by atoms with E-state index in [9.17, 15) is 4.79 Å². The van der Waals surface area contributed by atoms with Gasteiger partial charge < -0.3 is 24.8 Å². The number of nitrogen functional groups attached to an aromatic ring is 1. The fourth-order valence-corrected chi connectivity index (χ4v) is 6.04. The molecule has 5 rings (SSSR count). The molecule has 1 aliphatic heterocycles. The molecule has 0 atom stereocenters. The van der Waals surface area contributed by atoms with Gasteiger partial charge in [0.1, 0.15) is 47.3 Å². The number of carbonyl (C=O) groups excluding carboxylic acids is 1. The van der Waals surface area contributed by atoms with Crippen molar-refractivity contribution in [2.75, 3.05) is 25.4 Å². The van der Waals surface area contributed by atoms with Crippen LogP contribution in [0, 0.1) is 17.8 Å². The zero-order valence-electron chi connectivity index (χ0n) is 27.8. The normalized spacial score (nSPS) is 14.2. The van der Waals surface area contributed by atoms with Gasteiger partial charge in [0.05, 0.1) is 5.39 Å². The number of carbonyl (C=O) groups is 1. The van der Waals surface area contributed by atoms with Gasteiger partial charge in [0.15, 0.2) is 0 Å². The number of nitrogens with two attached hydrogens (primary N) is 1. The highest BCUT2D eigenvalue weighted by molar-refractivity contribution is 6.76. The first-order valence-corrected chi connectivity index (χ1v) is 19.6. The van der Waals surface area contributed by atoms with Gasteiger partial charge in [-0.25, -0.2) is 14.8 Å². The molecule has 1 fully saturated rings. The van der Waals surface area contributed by atoms with E-state index in [4.69, 9.17) is 19.9 Å². The second-order valence-corrected chi connectivity index (χ2v) is 19.5. The fourth-order valence-electron chi connectivity index (χ4n) is 5.28. The Morgan fingerprint density at radius 2 is 1.67 bits per heavy atom. The van der Waals surface area contributed by atoms with E-state index in [2.05, 4.69) is 41.4 Å². The highest BCUT2D eigenvalue weighted by atomic mass is 28.3. The first-order valence-electron chi connectivity index (χ1n) is 15.9. The molecule has 10 heteroatoms. The second-order valence-electron chi connectivity index (χ2n) is 13.9. The van der Waals surface area contributed by atoms with Crippen LogP contribution in [0.5, 0.6) is 11.5 Å². The number of benzene rings is 2. The van der Waals surface area contributed by atoms with Gasteiger partial charge in [-0.1, -0.05) is 55.9 Å². The van der Waals surface area contributed by atoms with Crippen molar-refractivity contribution >= 4 is 31.0 Å². The van der Waals surface area contributed by atoms with Crippen LogP contribution >= 0.6 is 0 Å². The van der Waals surface area contributed by atoms with Gasteiger partial charge in [-0.3, -0.25) is 4.57 Å². The van der Waals surface area contributed by atoms with E-state index in [1.807, 2.05) is 79.9 Å². The van der Waals surface area contributed by atoms with E-state index in [-0.39, 0.29) is 12.0 Å². The molecular weight excluding hydrogens is 595 g/mol. The Balaban J connectivity index is 1.48. The third-order valence-corrected chi connectivity index (χ3v) is 9.45. The number of aromatic nitrogens is 3. The third-order valence-electron chi connectivity index (χ3n) is 7.75. The molecule has 9 nitrogen and oxygen atoms in total. The van der Waals surface area contributed by atoms with Crippen LogP contribution < -0.4 is 10.5 Å². The van der Waals surface area contributed by atoms with Crippen molar-refractivity contribution in [2.45, 2.75) is 71.6 Å². The summed E-state index contributed by atoms with van der Waals surface area (Å²) in [4.78, 5) is 23.4. The first-order chi connectivity index (χ1) is 21.9. The molecule has 2 N–H and O–H groups in total. The summed E-state index contributed by atoms with van der Waals surface area (Å²) < 4.78 is 19.9. The van der Waals surface area contributed by atoms with Crippen LogP contribution in [0.3, 0.4) is 0 Å². The SMILES string of the molecule is CC(C)(C)OC(=O)N1CCC(C#Cc2c(-c3ccc(Oc4ccccc4)cc3)c3c(N)ncnc3n2COCC[Si](C)(C)C)CC1. The van der Waals surface area contributed by atoms with Crippen LogP contribution in [0.2, 0.25) is 25.7 Å². The fraction of sp³-hybridized carbons (Fsp3) is 0.417. The lowest BCUT2D eigenvalue weighted by molar-refractivity contribution is 0.0199. The Labute approximate surface area is 273 Å². The van der Waals surface area contributed by atoms with Crippen molar-refractivity contribution in [3.63, 3.8) is 0 Å². The lowest BCUT2D eigenvalue weighted by Gasteiger charge is -2.31. The average molecular weight is 640 g/mol. The van der Waals surface area contributed by atoms with Gasteiger partial charge in [0.25, 0.3) is 0 Å². The molecule has 46 heavy (non-hydrogen) atoms. The molecular formula is C36H45N5O4Si. The molecule has 2 aromatic carbocycles. The van der Waals surface area contributed by atoms with Crippen LogP contribution in [0.15, 0.2) is 60.9 Å². The van der Waals surface area contributed by atoms with Crippen LogP contribution in [0.1, 0.15) is 39.3 Å². The first kappa shape index (κ1) is 33.0. The predicted molar refractivity (Wildman–Crippen MR) is 185 cm³/mol. The Bertz CT molecular complexity index is 1710. The van der Waals surface area contributed by atoms with Gasteiger partial charge in [0.2, 0.25) is 0 Å². The molecule has 2 aromatic heterocycles. The maximum atomic E-state index is 12.6. The lowest BCUT2D eigenvalue weighted by atomic mass is 9.97. The summed E-state index contributed by atoms with van der Waals surface area (Å²) in [6, 6.07) is 18.7. The van der Waals surface area contributed by atoms with Gasteiger partial charge in [-0.2, -0.15) is 0 Å². The number of ether oxygens (including phenoxy) is 3. The van der Waals surface area contributed by atoms with Crippen LogP contribution in [0.4, 0.5) is 10.6 Å². The number of nitrogens with zero attached hydrogens (tertiary/aromatic N) is 4. The molecule has 0 aliphatic carbocycles. The molecule has 0 unspecified atom stereocenters. The molecule has 0 radical (unpaired) electrons. The van der Waals surface area contributed by atoms with E-state index in [1.165, 1.54) is 6.33 Å². The molecule has 1 aliphatic rings. The topological polar surface area (TPSA) is 105 Å². The minimum Gasteiger partial charge on any atom is -0.457 e. The third kappa shape index (κ3) is 8.47. The Morgan fingerprint density at radius 1 is 1.00 bits per heavy atom. The number of likely N-dealkylation sites (tertiary alicyclic amines) is 1. The van der Waals surface area contributed by atoms with Crippen LogP contribution in [-0.2, 0) is 16.2 Å². The van der Waals surface area contributed by atoms with E-state index in [1.54, 1.807) is 4.90 Å². The maximum Gasteiger partial charge on any atom is 0.410 e. The van der Waals surface area contributed by atoms with E-state index in [0.717, 1.165) is 52.6 Å². The minimum absolute atomic E-state index is 0.121. The smallest absolute Gasteiger partial charge is 0.410 e. The van der Waals surface area contributed by atoms with Gasteiger partial charge >= 0.3 is 6.09 Å². The van der Waals surface area contributed by atoms with Crippen molar-refractivity contribution in [2.24, 2.45) is 5.92 Å². The zero-order valence-corrected chi connectivity index (χ0v) is 28.8. The Hall–Kier alpha value is -4.33. The molecule has 0 bridgehead atoms. The largest absolute Gasteiger partial charge is 0.457 e. The summed E-state index contributed by atoms with van der Waals surface area (Å²) in [5.41, 5.74) is 9.26. The molecule has 1 saturated heterocycles. The van der Waals surface area contributed by atoms with Crippen molar-refractivity contribution in [3.8, 4) is 34.5 Å². The quantitative estimate of drug-likeness (QED) is 0.119. The van der Waals surface area contributed by atoms with Crippen LogP contribution in [0.25, 0.3) is 22.2 Å². The average Bonchev–Trinajstić information content (AvgIpc) is 3.32. The maximum absolute atomic E-state index is 12.6. The summed E-state index contributed by atoms with van der Waals surface area (Å²) in [6.45, 7) is 14.8. The van der Waals surface area contributed by atoms with E-state index in [0.29, 0.717) is 37.9 Å². The standard InChI is InChI=1S/C36H45N5O4Si/c1-36(2,3)45-35(42)40-20-18-26(19-21-40)12-17-30-31(27-13-15-29(16-14-27)44-28-10-8-7-9-11-28)32-33(37)38-24-39-34(32)41(30)25-43-22-23-46(4,5)6/h7-11,13-16,24,26H,18-23,25H2,1-6H3,(H2,37,38,39). The van der Waals surface area contributed by atoms with Gasteiger partial charge in [-0.15, -0.1) is 0 Å². The highest BCUT2D eigenvalue weighted by Crippen LogP contribution is 2.38. The molecule has 242 valence electrons. The summed E-state index contributed by atoms with van der Waals surface area (Å²) in [5, 5.41) is 0.747. The van der Waals surface area contributed by atoms with Gasteiger partial charge in [0, 0.05) is 39.3 Å². The molecule has 4 aromatic rings. The molecule has 0 spiro atoms. The van der Waals surface area contributed by atoms with Crippen molar-refractivity contribution in [3.05, 3.63) is 66.6 Å². The zero-order chi connectivity index (χ0) is 32.9. The number of hydrogen-bond donors (Lipinski definition) is 1. The number of rotatable bonds is 8. The predicted octanol–water partition coefficient (Wildman–Crippen LogP) is 7.78. The second kappa shape index (κ2) is 14.0. The minimum atomic E-state index is -1.27. The Morgan fingerprint density at radius 3 is 2.33 bits per heavy atom. The van der Waals surface area contributed by atoms with Crippen molar-refractivity contribution in [1.82, 2.24) is 19.4 Å². The van der Waals surface area contributed by atoms with Crippen LogP contribution in [-0.4, -0.2) is 58.9 Å². The number of hydrogen-bond acceptors (Lipinski definition) is 7. The summed E-state index contributed by atoms with van der Waals surface area (Å²) >= 11 is 0. The molecule has 1 amide bonds. The summed E-state index contributed by atoms with van der Waals surface area (Å²) in [7, 11) is -1.27. The lowest BCUT2D eigenvalue weighted by Crippen LogP contribution is -2.41. The van der Waals surface area contributed by atoms with Crippen molar-refractivity contribution in [1.29, 1.82) is 0 Å². The monoisotopic (exact) mass is 639 g/mol. The number of anilines is 1. The number of piperidine rings is 1. The Kier molecular flexibility index (Phi) is 10.0. The number of fused-ring (bicyclic) bond motifs is 1. The summed E-state index contributed by atoms with van der Waals surface area (Å²) in [6.07, 6.45) is 2.75.